The fourth-order valence-corrected chi connectivity index (χ4v) is 2.02. The van der Waals surface area contributed by atoms with Crippen LogP contribution in [-0.2, 0) is 16.1 Å². The Morgan fingerprint density at radius 3 is 2.72 bits per heavy atom. The van der Waals surface area contributed by atoms with Crippen molar-refractivity contribution in [2.45, 2.75) is 26.3 Å². The number of piperidine rings is 1. The van der Waals surface area contributed by atoms with Gasteiger partial charge in [-0.3, -0.25) is 14.5 Å². The van der Waals surface area contributed by atoms with E-state index < -0.39 is 0 Å². The van der Waals surface area contributed by atoms with Crippen LogP contribution in [0.15, 0.2) is 18.3 Å². The van der Waals surface area contributed by atoms with Gasteiger partial charge in [-0.2, -0.15) is 5.26 Å². The van der Waals surface area contributed by atoms with Gasteiger partial charge in [-0.05, 0) is 23.6 Å². The first-order valence-corrected chi connectivity index (χ1v) is 5.78. The number of hydrogen-bond donors (Lipinski definition) is 0. The van der Waals surface area contributed by atoms with Crippen LogP contribution < -0.4 is 0 Å². The fraction of sp³-hybridized carbons (Fsp3) is 0.385. The zero-order valence-corrected chi connectivity index (χ0v) is 10.1. The molecule has 1 aliphatic heterocycles. The average Bonchev–Trinajstić information content (AvgIpc) is 2.34. The van der Waals surface area contributed by atoms with E-state index in [0.717, 1.165) is 5.56 Å². The van der Waals surface area contributed by atoms with Gasteiger partial charge < -0.3 is 0 Å². The van der Waals surface area contributed by atoms with E-state index in [9.17, 15) is 9.59 Å². The fourth-order valence-electron chi connectivity index (χ4n) is 2.02. The molecule has 5 heteroatoms. The summed E-state index contributed by atoms with van der Waals surface area (Å²) in [7, 11) is 0. The van der Waals surface area contributed by atoms with Crippen molar-refractivity contribution in [1.82, 2.24) is 9.88 Å². The number of amides is 2. The summed E-state index contributed by atoms with van der Waals surface area (Å²) in [5, 5.41) is 8.75. The highest BCUT2D eigenvalue weighted by atomic mass is 16.2. The minimum absolute atomic E-state index is 0.119. The van der Waals surface area contributed by atoms with Crippen LogP contribution in [-0.4, -0.2) is 21.7 Å². The molecule has 1 fully saturated rings. The van der Waals surface area contributed by atoms with Gasteiger partial charge in [0.2, 0.25) is 11.8 Å². The Balaban J connectivity index is 2.15. The van der Waals surface area contributed by atoms with Crippen molar-refractivity contribution in [3.05, 3.63) is 29.6 Å². The highest BCUT2D eigenvalue weighted by Crippen LogP contribution is 2.20. The number of hydrogen-bond acceptors (Lipinski definition) is 4. The molecule has 1 saturated heterocycles. The molecule has 0 atom stereocenters. The molecule has 0 unspecified atom stereocenters. The lowest BCUT2D eigenvalue weighted by Gasteiger charge is -2.28. The zero-order valence-electron chi connectivity index (χ0n) is 10.1. The maximum Gasteiger partial charge on any atom is 0.229 e. The van der Waals surface area contributed by atoms with Gasteiger partial charge in [0.05, 0.1) is 6.54 Å². The highest BCUT2D eigenvalue weighted by Gasteiger charge is 2.30. The first kappa shape index (κ1) is 12.2. The van der Waals surface area contributed by atoms with Crippen molar-refractivity contribution in [3.63, 3.8) is 0 Å². The summed E-state index contributed by atoms with van der Waals surface area (Å²) in [4.78, 5) is 28.7. The van der Waals surface area contributed by atoms with Crippen molar-refractivity contribution in [1.29, 1.82) is 5.26 Å². The molecule has 0 bridgehead atoms. The summed E-state index contributed by atoms with van der Waals surface area (Å²) in [5.74, 6) is -0.170. The monoisotopic (exact) mass is 243 g/mol. The number of rotatable bonds is 2. The Kier molecular flexibility index (Phi) is 3.38. The third-order valence-corrected chi connectivity index (χ3v) is 2.93. The quantitative estimate of drug-likeness (QED) is 0.732. The lowest BCUT2D eigenvalue weighted by atomic mass is 9.97. The summed E-state index contributed by atoms with van der Waals surface area (Å²) < 4.78 is 0. The number of likely N-dealkylation sites (tertiary alicyclic amines) is 1. The van der Waals surface area contributed by atoms with Crippen LogP contribution in [0.1, 0.15) is 31.0 Å². The molecule has 92 valence electrons. The Morgan fingerprint density at radius 2 is 2.11 bits per heavy atom. The van der Waals surface area contributed by atoms with Gasteiger partial charge in [-0.25, -0.2) is 4.98 Å². The second-order valence-corrected chi connectivity index (χ2v) is 4.55. The van der Waals surface area contributed by atoms with E-state index in [-0.39, 0.29) is 30.0 Å². The van der Waals surface area contributed by atoms with Gasteiger partial charge in [0.1, 0.15) is 11.8 Å². The van der Waals surface area contributed by atoms with E-state index in [0.29, 0.717) is 12.8 Å². The largest absolute Gasteiger partial charge is 0.278 e. The minimum Gasteiger partial charge on any atom is -0.278 e. The molecule has 0 N–H and O–H groups in total. The van der Waals surface area contributed by atoms with E-state index >= 15 is 0 Å². The first-order chi connectivity index (χ1) is 8.60. The van der Waals surface area contributed by atoms with E-state index in [2.05, 4.69) is 4.98 Å². The van der Waals surface area contributed by atoms with Crippen LogP contribution in [0.4, 0.5) is 0 Å². The van der Waals surface area contributed by atoms with Gasteiger partial charge >= 0.3 is 0 Å². The normalized spacial score (nSPS) is 16.8. The summed E-state index contributed by atoms with van der Waals surface area (Å²) in [5.41, 5.74) is 1.04. The SMILES string of the molecule is CC1CC(=O)N(Cc2ccnc(C#N)c2)C(=O)C1. The Morgan fingerprint density at radius 1 is 1.44 bits per heavy atom. The van der Waals surface area contributed by atoms with Crippen molar-refractivity contribution in [2.24, 2.45) is 5.92 Å². The third kappa shape index (κ3) is 2.54. The summed E-state index contributed by atoms with van der Waals surface area (Å²) in [6, 6.07) is 5.24. The minimum atomic E-state index is -0.144. The van der Waals surface area contributed by atoms with Gasteiger partial charge in [-0.1, -0.05) is 6.92 Å². The summed E-state index contributed by atoms with van der Waals surface area (Å²) in [6.07, 6.45) is 2.32. The van der Waals surface area contributed by atoms with Crippen LogP contribution >= 0.6 is 0 Å². The van der Waals surface area contributed by atoms with Gasteiger partial charge in [-0.15, -0.1) is 0 Å². The van der Waals surface area contributed by atoms with E-state index in [1.165, 1.54) is 11.1 Å². The standard InChI is InChI=1S/C13H13N3O2/c1-9-4-12(17)16(13(18)5-9)8-10-2-3-15-11(6-10)7-14/h2-3,6,9H,4-5,8H2,1H3. The summed E-state index contributed by atoms with van der Waals surface area (Å²) >= 11 is 0. The number of nitriles is 1. The van der Waals surface area contributed by atoms with E-state index in [1.54, 1.807) is 12.1 Å². The Bertz CT molecular complexity index is 515. The zero-order chi connectivity index (χ0) is 13.1. The van der Waals surface area contributed by atoms with Crippen LogP contribution in [0, 0.1) is 17.2 Å². The molecular formula is C13H13N3O2. The van der Waals surface area contributed by atoms with Crippen molar-refractivity contribution in [3.8, 4) is 6.07 Å². The predicted octanol–water partition coefficient (Wildman–Crippen LogP) is 1.24. The van der Waals surface area contributed by atoms with Gasteiger partial charge in [0.25, 0.3) is 0 Å². The molecule has 1 aromatic heterocycles. The molecule has 0 saturated carbocycles. The highest BCUT2D eigenvalue weighted by molar-refractivity contribution is 5.97. The summed E-state index contributed by atoms with van der Waals surface area (Å²) in [6.45, 7) is 2.12. The molecule has 18 heavy (non-hydrogen) atoms. The Hall–Kier alpha value is -2.22. The lowest BCUT2D eigenvalue weighted by molar-refractivity contribution is -0.150. The second kappa shape index (κ2) is 4.96. The van der Waals surface area contributed by atoms with Crippen molar-refractivity contribution in [2.75, 3.05) is 0 Å². The maximum atomic E-state index is 11.8. The molecule has 1 aliphatic rings. The lowest BCUT2D eigenvalue weighted by Crippen LogP contribution is -2.42. The second-order valence-electron chi connectivity index (χ2n) is 4.55. The number of aromatic nitrogens is 1. The van der Waals surface area contributed by atoms with Crippen LogP contribution in [0.5, 0.6) is 0 Å². The van der Waals surface area contributed by atoms with Crippen LogP contribution in [0.3, 0.4) is 0 Å². The molecule has 5 nitrogen and oxygen atoms in total. The van der Waals surface area contributed by atoms with Crippen molar-refractivity contribution >= 4 is 11.8 Å². The van der Waals surface area contributed by atoms with E-state index in [1.807, 2.05) is 13.0 Å². The van der Waals surface area contributed by atoms with Crippen LogP contribution in [0.25, 0.3) is 0 Å². The molecule has 0 aliphatic carbocycles. The predicted molar refractivity (Wildman–Crippen MR) is 62.9 cm³/mol. The molecule has 2 heterocycles. The third-order valence-electron chi connectivity index (χ3n) is 2.93. The smallest absolute Gasteiger partial charge is 0.229 e. The topological polar surface area (TPSA) is 74.1 Å². The Labute approximate surface area is 105 Å². The molecule has 0 radical (unpaired) electrons. The molecule has 1 aromatic rings. The number of pyridine rings is 1. The first-order valence-electron chi connectivity index (χ1n) is 5.78. The molecule has 0 spiro atoms. The number of imide groups is 1. The average molecular weight is 243 g/mol. The van der Waals surface area contributed by atoms with Crippen molar-refractivity contribution < 1.29 is 9.59 Å². The molecule has 2 rings (SSSR count). The van der Waals surface area contributed by atoms with Gasteiger partial charge in [0, 0.05) is 19.0 Å². The number of carbonyl (C=O) groups excluding carboxylic acids is 2. The molecule has 2 amide bonds. The maximum absolute atomic E-state index is 11.8. The molecular weight excluding hydrogens is 230 g/mol. The number of carbonyl (C=O) groups is 2. The van der Waals surface area contributed by atoms with E-state index in [4.69, 9.17) is 5.26 Å². The van der Waals surface area contributed by atoms with Gasteiger partial charge in [0.15, 0.2) is 0 Å². The molecule has 0 aromatic carbocycles. The number of nitrogens with zero attached hydrogens (tertiary/aromatic N) is 3. The van der Waals surface area contributed by atoms with Crippen LogP contribution in [0.2, 0.25) is 0 Å².